The topological polar surface area (TPSA) is 29.5 Å². The Morgan fingerprint density at radius 3 is 2.10 bits per heavy atom. The maximum absolute atomic E-state index is 8.98. The summed E-state index contributed by atoms with van der Waals surface area (Å²) in [5.41, 5.74) is 0. The molecule has 0 radical (unpaired) electrons. The fraction of sp³-hybridized carbons (Fsp3) is 0.833. The molecule has 0 aliphatic heterocycles. The van der Waals surface area contributed by atoms with Gasteiger partial charge in [0.25, 0.3) is 0 Å². The number of hydrogen-bond donors (Lipinski definition) is 1. The highest BCUT2D eigenvalue weighted by Crippen LogP contribution is 2.26. The van der Waals surface area contributed by atoms with Crippen LogP contribution < -0.4 is 0 Å². The van der Waals surface area contributed by atoms with E-state index in [9.17, 15) is 0 Å². The lowest BCUT2D eigenvalue weighted by Crippen LogP contribution is -2.32. The van der Waals surface area contributed by atoms with Gasteiger partial charge < -0.3 is 9.84 Å². The van der Waals surface area contributed by atoms with Gasteiger partial charge in [-0.3, -0.25) is 0 Å². The van der Waals surface area contributed by atoms with Gasteiger partial charge in [0.15, 0.2) is 5.05 Å². The molecule has 0 spiro atoms. The van der Waals surface area contributed by atoms with Gasteiger partial charge in [0.1, 0.15) is 6.10 Å². The molecule has 10 heavy (non-hydrogen) atoms. The zero-order valence-electron chi connectivity index (χ0n) is 6.84. The summed E-state index contributed by atoms with van der Waals surface area (Å²) in [5.74, 6) is 0. The van der Waals surface area contributed by atoms with Gasteiger partial charge in [-0.05, 0) is 17.3 Å². The molecule has 1 unspecified atom stereocenters. The van der Waals surface area contributed by atoms with Crippen molar-refractivity contribution in [1.29, 1.82) is 0 Å². The fourth-order valence-corrected chi connectivity index (χ4v) is 1.99. The van der Waals surface area contributed by atoms with Crippen molar-refractivity contribution in [2.45, 2.75) is 25.0 Å². The van der Waals surface area contributed by atoms with Crippen LogP contribution in [0.2, 0.25) is 5.04 Å². The molecule has 0 aromatic carbocycles. The molecule has 0 fully saturated rings. The minimum atomic E-state index is -0.283. The molecule has 0 heterocycles. The first-order valence-corrected chi connectivity index (χ1v) is 4.56. The van der Waals surface area contributed by atoms with Crippen LogP contribution in [-0.4, -0.2) is 33.6 Å². The number of rotatable bonds is 3. The summed E-state index contributed by atoms with van der Waals surface area (Å²) >= 11 is 4.62. The quantitative estimate of drug-likeness (QED) is 0.503. The van der Waals surface area contributed by atoms with Crippen LogP contribution in [0.4, 0.5) is 0 Å². The molecule has 0 aromatic heterocycles. The number of ether oxygens (including phenoxy) is 1. The molecule has 0 saturated heterocycles. The second kappa shape index (κ2) is 3.46. The molecule has 0 amide bonds. The summed E-state index contributed by atoms with van der Waals surface area (Å²) in [6, 6.07) is 0. The molecule has 0 aliphatic rings. The van der Waals surface area contributed by atoms with E-state index in [1.807, 2.05) is 13.8 Å². The van der Waals surface area contributed by atoms with E-state index in [1.54, 1.807) is 7.11 Å². The average Bonchev–Trinajstić information content (AvgIpc) is 1.60. The van der Waals surface area contributed by atoms with Crippen LogP contribution in [0.1, 0.15) is 13.8 Å². The monoisotopic (exact) mass is 178 g/mol. The van der Waals surface area contributed by atoms with Crippen molar-refractivity contribution in [2.24, 2.45) is 0 Å². The van der Waals surface area contributed by atoms with Crippen molar-refractivity contribution in [2.75, 3.05) is 7.11 Å². The van der Waals surface area contributed by atoms with Crippen LogP contribution in [0, 0.1) is 0 Å². The van der Waals surface area contributed by atoms with Gasteiger partial charge in [0, 0.05) is 17.4 Å². The first-order valence-electron chi connectivity index (χ1n) is 3.15. The Kier molecular flexibility index (Phi) is 3.48. The third-order valence-electron chi connectivity index (χ3n) is 1.25. The average molecular weight is 178 g/mol. The fourth-order valence-electron chi connectivity index (χ4n) is 0.825. The van der Waals surface area contributed by atoms with E-state index in [1.165, 1.54) is 0 Å². The predicted octanol–water partition coefficient (Wildman–Crippen LogP) is 0.451. The van der Waals surface area contributed by atoms with E-state index in [0.29, 0.717) is 0 Å². The second-order valence-electron chi connectivity index (χ2n) is 3.32. The minimum absolute atomic E-state index is 0.0145. The van der Waals surface area contributed by atoms with Crippen molar-refractivity contribution < 1.29 is 9.84 Å². The molecule has 0 rings (SSSR count). The number of methoxy groups -OCH3 is 1. The highest BCUT2D eigenvalue weighted by Gasteiger charge is 2.27. The van der Waals surface area contributed by atoms with E-state index >= 15 is 0 Å². The maximum atomic E-state index is 8.98. The van der Waals surface area contributed by atoms with Crippen molar-refractivity contribution in [3.63, 3.8) is 0 Å². The Bertz CT molecular complexity index is 130. The van der Waals surface area contributed by atoms with Crippen LogP contribution in [-0.2, 0) is 4.74 Å². The van der Waals surface area contributed by atoms with Gasteiger partial charge in [-0.25, -0.2) is 0 Å². The first-order chi connectivity index (χ1) is 4.39. The zero-order valence-corrected chi connectivity index (χ0v) is 9.66. The molecule has 1 atom stereocenters. The summed E-state index contributed by atoms with van der Waals surface area (Å²) in [6.45, 7) is 4.05. The number of aliphatic hydroxyl groups excluding tert-OH is 1. The van der Waals surface area contributed by atoms with Crippen molar-refractivity contribution in [3.8, 4) is 0 Å². The smallest absolute Gasteiger partial charge is 0.186 e. The molecule has 0 bridgehead atoms. The Morgan fingerprint density at radius 1 is 1.70 bits per heavy atom. The van der Waals surface area contributed by atoms with Gasteiger partial charge in [-0.15, -0.1) is 0 Å². The van der Waals surface area contributed by atoms with Crippen LogP contribution in [0.25, 0.3) is 0 Å². The van der Waals surface area contributed by atoms with Gasteiger partial charge in [0.2, 0.25) is 0 Å². The summed E-state index contributed by atoms with van der Waals surface area (Å²) in [7, 11) is 2.51. The molecule has 4 heteroatoms. The van der Waals surface area contributed by atoms with Crippen molar-refractivity contribution in [1.82, 2.24) is 0 Å². The summed E-state index contributed by atoms with van der Waals surface area (Å²) in [4.78, 5) is 0. The SMILES string of the molecule is COC(C(O)=S)C(C)(C)[SiH3]. The lowest BCUT2D eigenvalue weighted by Gasteiger charge is -2.26. The van der Waals surface area contributed by atoms with Gasteiger partial charge in [-0.2, -0.15) is 0 Å². The molecule has 2 nitrogen and oxygen atoms in total. The molecule has 60 valence electrons. The third kappa shape index (κ3) is 2.77. The van der Waals surface area contributed by atoms with E-state index in [-0.39, 0.29) is 16.2 Å². The van der Waals surface area contributed by atoms with E-state index in [4.69, 9.17) is 9.84 Å². The zero-order chi connectivity index (χ0) is 8.36. The van der Waals surface area contributed by atoms with Crippen LogP contribution in [0.5, 0.6) is 0 Å². The molecule has 1 N–H and O–H groups in total. The van der Waals surface area contributed by atoms with E-state index in [2.05, 4.69) is 12.2 Å². The van der Waals surface area contributed by atoms with Gasteiger partial charge >= 0.3 is 0 Å². The first kappa shape index (κ1) is 10.1. The van der Waals surface area contributed by atoms with Crippen LogP contribution in [0.15, 0.2) is 0 Å². The number of aliphatic hydroxyl groups is 1. The summed E-state index contributed by atoms with van der Waals surface area (Å²) in [6.07, 6.45) is -0.283. The summed E-state index contributed by atoms with van der Waals surface area (Å²) in [5, 5.41) is 8.95. The second-order valence-corrected chi connectivity index (χ2v) is 6.32. The maximum Gasteiger partial charge on any atom is 0.186 e. The van der Waals surface area contributed by atoms with Crippen molar-refractivity contribution in [3.05, 3.63) is 0 Å². The van der Waals surface area contributed by atoms with Gasteiger partial charge in [0.05, 0.1) is 0 Å². The third-order valence-corrected chi connectivity index (χ3v) is 1.99. The highest BCUT2D eigenvalue weighted by atomic mass is 32.1. The molecule has 0 saturated carbocycles. The highest BCUT2D eigenvalue weighted by molar-refractivity contribution is 7.80. The van der Waals surface area contributed by atoms with Gasteiger partial charge in [-0.1, -0.05) is 13.8 Å². The minimum Gasteiger partial charge on any atom is -0.500 e. The van der Waals surface area contributed by atoms with Crippen LogP contribution >= 0.6 is 12.2 Å². The number of thiocarbonyl (C=S) groups is 1. The number of hydrogen-bond acceptors (Lipinski definition) is 2. The molecular weight excluding hydrogens is 164 g/mol. The Hall–Kier alpha value is 0.0669. The Morgan fingerprint density at radius 2 is 2.10 bits per heavy atom. The molecule has 0 aliphatic carbocycles. The lowest BCUT2D eigenvalue weighted by molar-refractivity contribution is 0.114. The Balaban J connectivity index is 4.22. The molecular formula is C6H14O2SSi. The predicted molar refractivity (Wildman–Crippen MR) is 50.0 cm³/mol. The molecule has 0 aromatic rings. The van der Waals surface area contributed by atoms with E-state index in [0.717, 1.165) is 10.2 Å². The van der Waals surface area contributed by atoms with Crippen molar-refractivity contribution >= 4 is 27.5 Å². The normalized spacial score (nSPS) is 15.1. The Labute approximate surface area is 70.0 Å². The standard InChI is InChI=1S/C6H14O2SSi/c1-6(2,10)4(8-3)5(7)9/h4H,1-3,10H3,(H,7,9). The largest absolute Gasteiger partial charge is 0.500 e. The lowest BCUT2D eigenvalue weighted by atomic mass is 10.1. The summed E-state index contributed by atoms with van der Waals surface area (Å²) < 4.78 is 5.02. The van der Waals surface area contributed by atoms with E-state index < -0.39 is 0 Å². The van der Waals surface area contributed by atoms with Crippen LogP contribution in [0.3, 0.4) is 0 Å².